The Labute approximate surface area is 183 Å². The number of carbonyl (C=O) groups excluding carboxylic acids is 1. The number of hydrogen-bond donors (Lipinski definition) is 1. The summed E-state index contributed by atoms with van der Waals surface area (Å²) in [6, 6.07) is 18.5. The van der Waals surface area contributed by atoms with Gasteiger partial charge in [0.1, 0.15) is 5.60 Å². The molecule has 0 aliphatic rings. The summed E-state index contributed by atoms with van der Waals surface area (Å²) in [5.41, 5.74) is 1.82. The van der Waals surface area contributed by atoms with Crippen LogP contribution in [-0.4, -0.2) is 28.1 Å². The summed E-state index contributed by atoms with van der Waals surface area (Å²) in [4.78, 5) is 17.2. The topological polar surface area (TPSA) is 51.2 Å². The fraction of sp³-hybridized carbons (Fsp3) is 0.320. The van der Waals surface area contributed by atoms with Crippen LogP contribution >= 0.6 is 12.2 Å². The van der Waals surface area contributed by atoms with Crippen molar-refractivity contribution in [2.75, 3.05) is 6.54 Å². The van der Waals surface area contributed by atoms with Gasteiger partial charge >= 0.3 is 6.09 Å². The summed E-state index contributed by atoms with van der Waals surface area (Å²) in [6.45, 7) is 6.05. The van der Waals surface area contributed by atoms with Gasteiger partial charge in [0, 0.05) is 36.7 Å². The Bertz CT molecular complexity index is 1010. The van der Waals surface area contributed by atoms with Crippen molar-refractivity contribution in [2.24, 2.45) is 0 Å². The first-order valence-corrected chi connectivity index (χ1v) is 10.6. The maximum atomic E-state index is 12.1. The standard InChI is InChI=1S/C25H28N2O2S/c1-25(2,3)29-24(28)27-17-22(19-7-5-4-6-8-19)15-23(30)14-18-9-10-21-16-26-12-11-20(21)13-18/h4-13,16,22H,14-15,17H2,1-3H3,(H,27,28). The molecular formula is C25H28N2O2S. The Kier molecular flexibility index (Phi) is 7.16. The molecule has 30 heavy (non-hydrogen) atoms. The summed E-state index contributed by atoms with van der Waals surface area (Å²) in [6.07, 6.45) is 4.70. The van der Waals surface area contributed by atoms with E-state index in [9.17, 15) is 4.79 Å². The summed E-state index contributed by atoms with van der Waals surface area (Å²) in [5.74, 6) is 0.0934. The molecule has 4 nitrogen and oxygen atoms in total. The number of nitrogens with one attached hydrogen (secondary N) is 1. The fourth-order valence-electron chi connectivity index (χ4n) is 3.37. The molecule has 0 aliphatic heterocycles. The first kappa shape index (κ1) is 21.9. The summed E-state index contributed by atoms with van der Waals surface area (Å²) in [5, 5.41) is 5.19. The average Bonchev–Trinajstić information content (AvgIpc) is 2.70. The zero-order chi connectivity index (χ0) is 21.6. The minimum atomic E-state index is -0.521. The highest BCUT2D eigenvalue weighted by atomic mass is 32.1. The molecule has 2 aromatic carbocycles. The number of amides is 1. The number of benzene rings is 2. The minimum absolute atomic E-state index is 0.0934. The van der Waals surface area contributed by atoms with E-state index < -0.39 is 11.7 Å². The van der Waals surface area contributed by atoms with E-state index in [1.165, 1.54) is 5.56 Å². The van der Waals surface area contributed by atoms with Crippen molar-refractivity contribution in [3.8, 4) is 0 Å². The average molecular weight is 421 g/mol. The second-order valence-corrected chi connectivity index (χ2v) is 9.04. The number of carbonyl (C=O) groups is 1. The van der Waals surface area contributed by atoms with Crippen molar-refractivity contribution >= 4 is 33.9 Å². The first-order chi connectivity index (χ1) is 14.3. The molecular weight excluding hydrogens is 392 g/mol. The van der Waals surface area contributed by atoms with Gasteiger partial charge in [-0.15, -0.1) is 0 Å². The summed E-state index contributed by atoms with van der Waals surface area (Å²) >= 11 is 5.75. The second kappa shape index (κ2) is 9.81. The highest BCUT2D eigenvalue weighted by Crippen LogP contribution is 2.22. The molecule has 1 aromatic heterocycles. The lowest BCUT2D eigenvalue weighted by Crippen LogP contribution is -2.35. The Morgan fingerprint density at radius 1 is 1.10 bits per heavy atom. The lowest BCUT2D eigenvalue weighted by Gasteiger charge is -2.22. The molecule has 0 bridgehead atoms. The van der Waals surface area contributed by atoms with Gasteiger partial charge in [-0.2, -0.15) is 0 Å². The van der Waals surface area contributed by atoms with E-state index in [-0.39, 0.29) is 5.92 Å². The van der Waals surface area contributed by atoms with Gasteiger partial charge in [0.15, 0.2) is 0 Å². The van der Waals surface area contributed by atoms with Gasteiger partial charge in [-0.05, 0) is 54.6 Å². The number of alkyl carbamates (subject to hydrolysis) is 1. The zero-order valence-electron chi connectivity index (χ0n) is 17.7. The number of fused-ring (bicyclic) bond motifs is 1. The van der Waals surface area contributed by atoms with Crippen LogP contribution in [0.3, 0.4) is 0 Å². The van der Waals surface area contributed by atoms with Gasteiger partial charge in [0.25, 0.3) is 0 Å². The number of nitrogens with zero attached hydrogens (tertiary/aromatic N) is 1. The molecule has 0 saturated carbocycles. The normalized spacial score (nSPS) is 12.4. The van der Waals surface area contributed by atoms with Crippen LogP contribution in [0.5, 0.6) is 0 Å². The van der Waals surface area contributed by atoms with Crippen molar-refractivity contribution in [3.05, 3.63) is 78.1 Å². The van der Waals surface area contributed by atoms with E-state index in [2.05, 4.69) is 40.6 Å². The molecule has 156 valence electrons. The first-order valence-electron chi connectivity index (χ1n) is 10.2. The largest absolute Gasteiger partial charge is 0.444 e. The molecule has 0 radical (unpaired) electrons. The summed E-state index contributed by atoms with van der Waals surface area (Å²) < 4.78 is 5.38. The zero-order valence-corrected chi connectivity index (χ0v) is 18.5. The lowest BCUT2D eigenvalue weighted by atomic mass is 9.92. The molecule has 1 amide bonds. The SMILES string of the molecule is CC(C)(C)OC(=O)NCC(CC(=S)Cc1ccc2cnccc2c1)c1ccccc1. The predicted octanol–water partition coefficient (Wildman–Crippen LogP) is 5.85. The highest BCUT2D eigenvalue weighted by molar-refractivity contribution is 7.80. The van der Waals surface area contributed by atoms with Crippen molar-refractivity contribution in [3.63, 3.8) is 0 Å². The number of hydrogen-bond acceptors (Lipinski definition) is 4. The van der Waals surface area contributed by atoms with Gasteiger partial charge in [0.2, 0.25) is 0 Å². The quantitative estimate of drug-likeness (QED) is 0.488. The van der Waals surface area contributed by atoms with E-state index in [1.807, 2.05) is 51.2 Å². The molecule has 1 N–H and O–H groups in total. The molecule has 1 heterocycles. The van der Waals surface area contributed by atoms with Gasteiger partial charge in [-0.25, -0.2) is 4.79 Å². The monoisotopic (exact) mass is 420 g/mol. The van der Waals surface area contributed by atoms with Crippen molar-refractivity contribution < 1.29 is 9.53 Å². The van der Waals surface area contributed by atoms with E-state index in [1.54, 1.807) is 6.20 Å². The van der Waals surface area contributed by atoms with Crippen molar-refractivity contribution in [1.29, 1.82) is 0 Å². The molecule has 0 aliphatic carbocycles. The van der Waals surface area contributed by atoms with Crippen LogP contribution in [0.1, 0.15) is 44.2 Å². The number of rotatable bonds is 7. The second-order valence-electron chi connectivity index (χ2n) is 8.47. The number of thiocarbonyl (C=S) groups is 1. The van der Waals surface area contributed by atoms with E-state index in [0.29, 0.717) is 13.0 Å². The van der Waals surface area contributed by atoms with E-state index in [4.69, 9.17) is 17.0 Å². The predicted molar refractivity (Wildman–Crippen MR) is 126 cm³/mol. The molecule has 0 spiro atoms. The maximum absolute atomic E-state index is 12.1. The van der Waals surface area contributed by atoms with Crippen molar-refractivity contribution in [1.82, 2.24) is 10.3 Å². The smallest absolute Gasteiger partial charge is 0.407 e. The molecule has 0 fully saturated rings. The Hall–Kier alpha value is -2.79. The highest BCUT2D eigenvalue weighted by Gasteiger charge is 2.19. The number of pyridine rings is 1. The van der Waals surface area contributed by atoms with E-state index in [0.717, 1.165) is 27.6 Å². The van der Waals surface area contributed by atoms with Crippen LogP contribution in [0, 0.1) is 0 Å². The molecule has 5 heteroatoms. The number of ether oxygens (including phenoxy) is 1. The van der Waals surface area contributed by atoms with Crippen LogP contribution < -0.4 is 5.32 Å². The molecule has 0 saturated heterocycles. The van der Waals surface area contributed by atoms with Crippen LogP contribution in [-0.2, 0) is 11.2 Å². The van der Waals surface area contributed by atoms with Gasteiger partial charge in [0.05, 0.1) is 0 Å². The van der Waals surface area contributed by atoms with Crippen LogP contribution in [0.2, 0.25) is 0 Å². The molecule has 1 atom stereocenters. The van der Waals surface area contributed by atoms with Gasteiger partial charge in [-0.3, -0.25) is 4.98 Å². The lowest BCUT2D eigenvalue weighted by molar-refractivity contribution is 0.0524. The third-order valence-electron chi connectivity index (χ3n) is 4.74. The van der Waals surface area contributed by atoms with Crippen molar-refractivity contribution in [2.45, 2.75) is 45.1 Å². The molecule has 3 aromatic rings. The van der Waals surface area contributed by atoms with Crippen LogP contribution in [0.15, 0.2) is 67.0 Å². The maximum Gasteiger partial charge on any atom is 0.407 e. The third-order valence-corrected chi connectivity index (χ3v) is 5.05. The van der Waals surface area contributed by atoms with Gasteiger partial charge in [-0.1, -0.05) is 60.7 Å². The fourth-order valence-corrected chi connectivity index (χ4v) is 3.74. The third kappa shape index (κ3) is 6.63. The molecule has 1 unspecified atom stereocenters. The minimum Gasteiger partial charge on any atom is -0.444 e. The Morgan fingerprint density at radius 3 is 2.60 bits per heavy atom. The van der Waals surface area contributed by atoms with Crippen LogP contribution in [0.4, 0.5) is 4.79 Å². The van der Waals surface area contributed by atoms with E-state index >= 15 is 0 Å². The Balaban J connectivity index is 1.67. The number of aromatic nitrogens is 1. The van der Waals surface area contributed by atoms with Crippen LogP contribution in [0.25, 0.3) is 10.8 Å². The summed E-state index contributed by atoms with van der Waals surface area (Å²) in [7, 11) is 0. The Morgan fingerprint density at radius 2 is 1.87 bits per heavy atom. The van der Waals surface area contributed by atoms with Gasteiger partial charge < -0.3 is 10.1 Å². The molecule has 3 rings (SSSR count).